The maximum Gasteiger partial charge on any atom is 0.255 e. The van der Waals surface area contributed by atoms with Gasteiger partial charge < -0.3 is 19.7 Å². The number of ether oxygens (including phenoxy) is 2. The molecule has 0 fully saturated rings. The molecule has 0 unspecified atom stereocenters. The number of methoxy groups -OCH3 is 2. The molecule has 1 N–H and O–H groups in total. The van der Waals surface area contributed by atoms with Crippen LogP contribution in [0.1, 0.15) is 42.1 Å². The van der Waals surface area contributed by atoms with E-state index in [0.29, 0.717) is 35.6 Å². The molecule has 1 aliphatic rings. The summed E-state index contributed by atoms with van der Waals surface area (Å²) in [7, 11) is 3.09. The summed E-state index contributed by atoms with van der Waals surface area (Å²) >= 11 is 0. The molecule has 0 saturated carbocycles. The first-order chi connectivity index (χ1) is 13.6. The molecule has 2 aromatic rings. The van der Waals surface area contributed by atoms with Crippen LogP contribution in [0.5, 0.6) is 11.5 Å². The first-order valence-electron chi connectivity index (χ1n) is 9.54. The van der Waals surface area contributed by atoms with E-state index in [1.54, 1.807) is 25.3 Å². The zero-order valence-corrected chi connectivity index (χ0v) is 16.6. The zero-order chi connectivity index (χ0) is 20.1. The Morgan fingerprint density at radius 1 is 1.07 bits per heavy atom. The second kappa shape index (κ2) is 8.78. The SMILES string of the molecule is CCCCN1C(=O)CCc2cc(NC(=O)c3ccc(OC)c(OC)c3)ccc21. The number of nitrogens with zero attached hydrogens (tertiary/aromatic N) is 1. The van der Waals surface area contributed by atoms with Crippen molar-refractivity contribution < 1.29 is 19.1 Å². The van der Waals surface area contributed by atoms with Crippen molar-refractivity contribution in [2.24, 2.45) is 0 Å². The minimum atomic E-state index is -0.226. The zero-order valence-electron chi connectivity index (χ0n) is 16.6. The fourth-order valence-corrected chi connectivity index (χ4v) is 3.38. The quantitative estimate of drug-likeness (QED) is 0.785. The first-order valence-corrected chi connectivity index (χ1v) is 9.54. The minimum absolute atomic E-state index is 0.170. The van der Waals surface area contributed by atoms with E-state index in [9.17, 15) is 9.59 Å². The van der Waals surface area contributed by atoms with Crippen LogP contribution in [0.2, 0.25) is 0 Å². The van der Waals surface area contributed by atoms with Crippen LogP contribution < -0.4 is 19.7 Å². The van der Waals surface area contributed by atoms with Gasteiger partial charge in [0.1, 0.15) is 0 Å². The van der Waals surface area contributed by atoms with Crippen molar-refractivity contribution in [3.05, 3.63) is 47.5 Å². The van der Waals surface area contributed by atoms with Gasteiger partial charge in [0, 0.05) is 29.9 Å². The van der Waals surface area contributed by atoms with Gasteiger partial charge in [-0.2, -0.15) is 0 Å². The highest BCUT2D eigenvalue weighted by molar-refractivity contribution is 6.05. The van der Waals surface area contributed by atoms with Gasteiger partial charge in [-0.3, -0.25) is 9.59 Å². The predicted octanol–water partition coefficient (Wildman–Crippen LogP) is 4.04. The topological polar surface area (TPSA) is 67.9 Å². The van der Waals surface area contributed by atoms with Crippen LogP contribution in [-0.2, 0) is 11.2 Å². The van der Waals surface area contributed by atoms with Gasteiger partial charge in [-0.1, -0.05) is 13.3 Å². The van der Waals surface area contributed by atoms with E-state index in [0.717, 1.165) is 30.6 Å². The monoisotopic (exact) mass is 382 g/mol. The van der Waals surface area contributed by atoms with Crippen molar-refractivity contribution in [3.8, 4) is 11.5 Å². The van der Waals surface area contributed by atoms with Gasteiger partial charge in [-0.25, -0.2) is 0 Å². The van der Waals surface area contributed by atoms with Crippen molar-refractivity contribution in [1.29, 1.82) is 0 Å². The number of anilines is 2. The second-order valence-electron chi connectivity index (χ2n) is 6.77. The Bertz CT molecular complexity index is 879. The van der Waals surface area contributed by atoms with E-state index in [4.69, 9.17) is 9.47 Å². The van der Waals surface area contributed by atoms with Crippen molar-refractivity contribution in [2.75, 3.05) is 31.0 Å². The number of aryl methyl sites for hydroxylation is 1. The van der Waals surface area contributed by atoms with Crippen LogP contribution in [0.15, 0.2) is 36.4 Å². The van der Waals surface area contributed by atoms with E-state index in [2.05, 4.69) is 12.2 Å². The van der Waals surface area contributed by atoms with Crippen LogP contribution in [0.4, 0.5) is 11.4 Å². The molecule has 0 radical (unpaired) electrons. The molecule has 2 aromatic carbocycles. The normalized spacial score (nSPS) is 13.1. The molecule has 0 saturated heterocycles. The molecule has 6 nitrogen and oxygen atoms in total. The van der Waals surface area contributed by atoms with Crippen LogP contribution in [0.3, 0.4) is 0 Å². The lowest BCUT2D eigenvalue weighted by Crippen LogP contribution is -2.35. The van der Waals surface area contributed by atoms with Gasteiger partial charge >= 0.3 is 0 Å². The van der Waals surface area contributed by atoms with Crippen LogP contribution >= 0.6 is 0 Å². The molecule has 28 heavy (non-hydrogen) atoms. The van der Waals surface area contributed by atoms with E-state index in [1.165, 1.54) is 7.11 Å². The van der Waals surface area contributed by atoms with Gasteiger partial charge in [-0.05, 0) is 54.8 Å². The number of unbranched alkanes of at least 4 members (excludes halogenated alkanes) is 1. The summed E-state index contributed by atoms with van der Waals surface area (Å²) in [6, 6.07) is 10.8. The Morgan fingerprint density at radius 3 is 2.57 bits per heavy atom. The fourth-order valence-electron chi connectivity index (χ4n) is 3.38. The standard InChI is InChI=1S/C22H26N2O4/c1-4-5-12-24-18-9-8-17(13-15(18)7-11-21(24)25)23-22(26)16-6-10-19(27-2)20(14-16)28-3/h6,8-10,13-14H,4-5,7,11-12H2,1-3H3,(H,23,26). The highest BCUT2D eigenvalue weighted by Gasteiger charge is 2.24. The van der Waals surface area contributed by atoms with E-state index in [-0.39, 0.29) is 11.8 Å². The maximum absolute atomic E-state index is 12.6. The third-order valence-corrected chi connectivity index (χ3v) is 4.92. The summed E-state index contributed by atoms with van der Waals surface area (Å²) in [5.41, 5.74) is 3.23. The van der Waals surface area contributed by atoms with E-state index < -0.39 is 0 Å². The van der Waals surface area contributed by atoms with Crippen molar-refractivity contribution in [1.82, 2.24) is 0 Å². The van der Waals surface area contributed by atoms with Gasteiger partial charge in [0.2, 0.25) is 5.91 Å². The molecule has 1 heterocycles. The Kier molecular flexibility index (Phi) is 6.19. The third kappa shape index (κ3) is 4.11. The van der Waals surface area contributed by atoms with E-state index >= 15 is 0 Å². The summed E-state index contributed by atoms with van der Waals surface area (Å²) < 4.78 is 10.5. The van der Waals surface area contributed by atoms with Crippen molar-refractivity contribution in [3.63, 3.8) is 0 Å². The smallest absolute Gasteiger partial charge is 0.255 e. The molecule has 0 bridgehead atoms. The molecule has 0 aromatic heterocycles. The van der Waals surface area contributed by atoms with Gasteiger partial charge in [-0.15, -0.1) is 0 Å². The number of nitrogens with one attached hydrogen (secondary N) is 1. The Balaban J connectivity index is 1.78. The number of hydrogen-bond donors (Lipinski definition) is 1. The van der Waals surface area contributed by atoms with Crippen molar-refractivity contribution in [2.45, 2.75) is 32.6 Å². The lowest BCUT2D eigenvalue weighted by atomic mass is 10.00. The summed E-state index contributed by atoms with van der Waals surface area (Å²) in [4.78, 5) is 26.8. The first kappa shape index (κ1) is 19.7. The summed E-state index contributed by atoms with van der Waals surface area (Å²) in [5, 5.41) is 2.93. The Morgan fingerprint density at radius 2 is 1.86 bits per heavy atom. The molecule has 6 heteroatoms. The number of carbonyl (C=O) groups excluding carboxylic acids is 2. The molecular weight excluding hydrogens is 356 g/mol. The van der Waals surface area contributed by atoms with Crippen LogP contribution in [0.25, 0.3) is 0 Å². The number of benzene rings is 2. The maximum atomic E-state index is 12.6. The summed E-state index contributed by atoms with van der Waals surface area (Å²) in [5.74, 6) is 1.02. The Labute approximate surface area is 165 Å². The summed E-state index contributed by atoms with van der Waals surface area (Å²) in [6.45, 7) is 2.85. The van der Waals surface area contributed by atoms with Gasteiger partial charge in [0.15, 0.2) is 11.5 Å². The molecule has 0 atom stereocenters. The number of fused-ring (bicyclic) bond motifs is 1. The fraction of sp³-hybridized carbons (Fsp3) is 0.364. The average Bonchev–Trinajstić information content (AvgIpc) is 2.72. The van der Waals surface area contributed by atoms with Crippen LogP contribution in [-0.4, -0.2) is 32.6 Å². The Hall–Kier alpha value is -3.02. The van der Waals surface area contributed by atoms with Gasteiger partial charge in [0.05, 0.1) is 14.2 Å². The molecule has 3 rings (SSSR count). The van der Waals surface area contributed by atoms with Crippen LogP contribution in [0, 0.1) is 0 Å². The number of carbonyl (C=O) groups is 2. The molecule has 148 valence electrons. The lowest BCUT2D eigenvalue weighted by Gasteiger charge is -2.29. The molecule has 0 aliphatic carbocycles. The number of rotatable bonds is 7. The number of amides is 2. The summed E-state index contributed by atoms with van der Waals surface area (Å²) in [6.07, 6.45) is 3.21. The average molecular weight is 382 g/mol. The highest BCUT2D eigenvalue weighted by atomic mass is 16.5. The number of hydrogen-bond acceptors (Lipinski definition) is 4. The molecule has 0 spiro atoms. The molecule has 2 amide bonds. The highest BCUT2D eigenvalue weighted by Crippen LogP contribution is 2.31. The second-order valence-corrected chi connectivity index (χ2v) is 6.77. The minimum Gasteiger partial charge on any atom is -0.493 e. The molecule has 1 aliphatic heterocycles. The third-order valence-electron chi connectivity index (χ3n) is 4.92. The predicted molar refractivity (Wildman–Crippen MR) is 110 cm³/mol. The lowest BCUT2D eigenvalue weighted by molar-refractivity contribution is -0.118. The molecular formula is C22H26N2O4. The van der Waals surface area contributed by atoms with Gasteiger partial charge in [0.25, 0.3) is 5.91 Å². The van der Waals surface area contributed by atoms with Crippen molar-refractivity contribution >= 4 is 23.2 Å². The van der Waals surface area contributed by atoms with E-state index in [1.807, 2.05) is 23.1 Å². The largest absolute Gasteiger partial charge is 0.493 e.